The smallest absolute Gasteiger partial charge is 0.486 e. The molecule has 0 saturated carbocycles. The molecule has 0 bridgehead atoms. The monoisotopic (exact) mass is 399 g/mol. The number of hydrogen-bond acceptors (Lipinski definition) is 6. The molecule has 0 amide bonds. The Kier molecular flexibility index (Phi) is 4.22. The lowest BCUT2D eigenvalue weighted by Crippen LogP contribution is -2.33. The number of fused-ring (bicyclic) bond motifs is 3. The molecule has 0 spiro atoms. The average Bonchev–Trinajstić information content (AvgIpc) is 3.04. The van der Waals surface area contributed by atoms with Gasteiger partial charge in [-0.25, -0.2) is 0 Å². The number of aromatic nitrogens is 4. The minimum absolute atomic E-state index is 0.197. The van der Waals surface area contributed by atoms with E-state index in [9.17, 15) is 13.2 Å². The highest BCUT2D eigenvalue weighted by atomic mass is 35.5. The summed E-state index contributed by atoms with van der Waals surface area (Å²) < 4.78 is 48.5. The molecule has 7 nitrogen and oxygen atoms in total. The van der Waals surface area contributed by atoms with Gasteiger partial charge in [0.05, 0.1) is 6.54 Å². The number of nitrogens with zero attached hydrogens (tertiary/aromatic N) is 5. The predicted molar refractivity (Wildman–Crippen MR) is 91.3 cm³/mol. The van der Waals surface area contributed by atoms with E-state index >= 15 is 0 Å². The molecule has 0 fully saturated rings. The van der Waals surface area contributed by atoms with E-state index in [0.717, 1.165) is 0 Å². The van der Waals surface area contributed by atoms with Crippen molar-refractivity contribution in [3.8, 4) is 22.9 Å². The van der Waals surface area contributed by atoms with Crippen LogP contribution in [0.5, 0.6) is 11.5 Å². The Bertz CT molecular complexity index is 1010. The molecule has 3 heterocycles. The first-order valence-electron chi connectivity index (χ1n) is 8.06. The quantitative estimate of drug-likeness (QED) is 0.671. The fraction of sp³-hybridized carbons (Fsp3) is 0.312. The van der Waals surface area contributed by atoms with Crippen LogP contribution in [0.3, 0.4) is 0 Å². The Labute approximate surface area is 156 Å². The molecule has 0 unspecified atom stereocenters. The lowest BCUT2D eigenvalue weighted by molar-refractivity contribution is -0.274. The lowest BCUT2D eigenvalue weighted by Gasteiger charge is -2.30. The van der Waals surface area contributed by atoms with Crippen LogP contribution >= 0.6 is 11.6 Å². The summed E-state index contributed by atoms with van der Waals surface area (Å²) in [6, 6.07) is 5.41. The zero-order chi connectivity index (χ0) is 19.2. The van der Waals surface area contributed by atoms with Crippen LogP contribution in [-0.4, -0.2) is 45.9 Å². The summed E-state index contributed by atoms with van der Waals surface area (Å²) in [4.78, 5) is 2.01. The van der Waals surface area contributed by atoms with Crippen molar-refractivity contribution in [1.29, 1.82) is 0 Å². The largest absolute Gasteiger partial charge is 0.573 e. The van der Waals surface area contributed by atoms with Crippen LogP contribution in [0.25, 0.3) is 17.0 Å². The maximum Gasteiger partial charge on any atom is 0.573 e. The molecule has 142 valence electrons. The highest BCUT2D eigenvalue weighted by molar-refractivity contribution is 6.32. The Hall–Kier alpha value is -2.75. The van der Waals surface area contributed by atoms with Gasteiger partial charge in [0, 0.05) is 12.1 Å². The van der Waals surface area contributed by atoms with Gasteiger partial charge < -0.3 is 14.4 Å². The number of likely N-dealkylation sites (N-methyl/N-ethyl adjacent to an activating group) is 1. The second kappa shape index (κ2) is 6.45. The average molecular weight is 400 g/mol. The molecule has 2 aromatic heterocycles. The van der Waals surface area contributed by atoms with Crippen molar-refractivity contribution in [2.45, 2.75) is 13.3 Å². The first-order chi connectivity index (χ1) is 12.9. The van der Waals surface area contributed by atoms with Crippen LogP contribution in [0.15, 0.2) is 24.3 Å². The van der Waals surface area contributed by atoms with E-state index in [1.54, 1.807) is 6.07 Å². The number of rotatable bonds is 3. The molecule has 0 radical (unpaired) electrons. The summed E-state index contributed by atoms with van der Waals surface area (Å²) in [5.41, 5.74) is 1.31. The number of halogens is 4. The Morgan fingerprint density at radius 3 is 2.85 bits per heavy atom. The van der Waals surface area contributed by atoms with Crippen molar-refractivity contribution < 1.29 is 22.6 Å². The van der Waals surface area contributed by atoms with Gasteiger partial charge in [-0.2, -0.15) is 4.52 Å². The fourth-order valence-corrected chi connectivity index (χ4v) is 3.24. The Morgan fingerprint density at radius 2 is 2.11 bits per heavy atom. The zero-order valence-corrected chi connectivity index (χ0v) is 14.8. The first kappa shape index (κ1) is 17.7. The van der Waals surface area contributed by atoms with Gasteiger partial charge in [0.2, 0.25) is 5.65 Å². The Morgan fingerprint density at radius 1 is 1.30 bits per heavy atom. The zero-order valence-electron chi connectivity index (χ0n) is 14.0. The van der Waals surface area contributed by atoms with Gasteiger partial charge in [-0.15, -0.1) is 28.5 Å². The fourth-order valence-electron chi connectivity index (χ4n) is 2.96. The molecular formula is C16H13ClF3N5O2. The summed E-state index contributed by atoms with van der Waals surface area (Å²) in [5.74, 6) is 0.304. The minimum Gasteiger partial charge on any atom is -0.486 e. The molecule has 1 aliphatic heterocycles. The van der Waals surface area contributed by atoms with E-state index in [1.807, 2.05) is 11.8 Å². The molecule has 11 heteroatoms. The molecule has 3 aromatic rings. The third kappa shape index (κ3) is 3.20. The van der Waals surface area contributed by atoms with Crippen LogP contribution in [0.4, 0.5) is 18.9 Å². The second-order valence-electron chi connectivity index (χ2n) is 5.73. The van der Waals surface area contributed by atoms with Crippen molar-refractivity contribution in [3.05, 3.63) is 29.4 Å². The first-order valence-corrected chi connectivity index (χ1v) is 8.44. The summed E-state index contributed by atoms with van der Waals surface area (Å²) in [7, 11) is 0. The van der Waals surface area contributed by atoms with E-state index in [2.05, 4.69) is 20.0 Å². The summed E-state index contributed by atoms with van der Waals surface area (Å²) in [6.45, 7) is 3.82. The third-order valence-electron chi connectivity index (χ3n) is 4.07. The predicted octanol–water partition coefficient (Wildman–Crippen LogP) is 3.56. The van der Waals surface area contributed by atoms with E-state index in [1.165, 1.54) is 22.7 Å². The summed E-state index contributed by atoms with van der Waals surface area (Å²) in [6.07, 6.45) is -4.79. The molecular weight excluding hydrogens is 387 g/mol. The van der Waals surface area contributed by atoms with E-state index in [0.29, 0.717) is 42.3 Å². The molecule has 0 atom stereocenters. The number of benzene rings is 1. The molecule has 1 aromatic carbocycles. The molecule has 0 saturated heterocycles. The topological polar surface area (TPSA) is 64.8 Å². The maximum atomic E-state index is 12.5. The van der Waals surface area contributed by atoms with E-state index in [-0.39, 0.29) is 16.7 Å². The van der Waals surface area contributed by atoms with Crippen molar-refractivity contribution >= 4 is 22.9 Å². The van der Waals surface area contributed by atoms with Crippen molar-refractivity contribution in [1.82, 2.24) is 19.8 Å². The van der Waals surface area contributed by atoms with Crippen LogP contribution < -0.4 is 14.4 Å². The SMILES string of the molecule is CCN1CCOc2c1c(Cl)nn1c(-c3cccc(OC(F)(F)F)c3)nnc21. The third-order valence-corrected chi connectivity index (χ3v) is 4.33. The van der Waals surface area contributed by atoms with E-state index < -0.39 is 6.36 Å². The second-order valence-corrected chi connectivity index (χ2v) is 6.09. The van der Waals surface area contributed by atoms with Crippen molar-refractivity contribution in [3.63, 3.8) is 0 Å². The highest BCUT2D eigenvalue weighted by Crippen LogP contribution is 2.40. The lowest BCUT2D eigenvalue weighted by atomic mass is 10.2. The van der Waals surface area contributed by atoms with Crippen molar-refractivity contribution in [2.75, 3.05) is 24.6 Å². The standard InChI is InChI=1S/C16H13ClF3N5O2/c1-2-24-6-7-26-12-11(24)13(17)23-25-14(21-22-15(12)25)9-4-3-5-10(8-9)27-16(18,19)20/h3-5,8H,2,6-7H2,1H3. The maximum absolute atomic E-state index is 12.5. The molecule has 4 rings (SSSR count). The van der Waals surface area contributed by atoms with Gasteiger partial charge >= 0.3 is 6.36 Å². The summed E-state index contributed by atoms with van der Waals surface area (Å²) in [5, 5.41) is 12.7. The molecule has 0 N–H and O–H groups in total. The van der Waals surface area contributed by atoms with Crippen LogP contribution in [0.2, 0.25) is 5.15 Å². The number of hydrogen-bond donors (Lipinski definition) is 0. The van der Waals surface area contributed by atoms with Crippen LogP contribution in [-0.2, 0) is 0 Å². The molecule has 0 aliphatic carbocycles. The van der Waals surface area contributed by atoms with Gasteiger partial charge in [-0.3, -0.25) is 0 Å². The molecule has 1 aliphatic rings. The van der Waals surface area contributed by atoms with Crippen LogP contribution in [0, 0.1) is 0 Å². The summed E-state index contributed by atoms with van der Waals surface area (Å²) >= 11 is 6.35. The molecule has 27 heavy (non-hydrogen) atoms. The van der Waals surface area contributed by atoms with Gasteiger partial charge in [0.1, 0.15) is 18.0 Å². The highest BCUT2D eigenvalue weighted by Gasteiger charge is 2.31. The van der Waals surface area contributed by atoms with Gasteiger partial charge in [0.15, 0.2) is 16.7 Å². The number of ether oxygens (including phenoxy) is 2. The Balaban J connectivity index is 1.83. The van der Waals surface area contributed by atoms with Gasteiger partial charge in [0.25, 0.3) is 0 Å². The normalized spacial score (nSPS) is 14.2. The minimum atomic E-state index is -4.79. The van der Waals surface area contributed by atoms with Gasteiger partial charge in [-0.05, 0) is 19.1 Å². The van der Waals surface area contributed by atoms with Crippen LogP contribution in [0.1, 0.15) is 6.92 Å². The van der Waals surface area contributed by atoms with Gasteiger partial charge in [-0.1, -0.05) is 23.7 Å². The number of anilines is 1. The van der Waals surface area contributed by atoms with Crippen molar-refractivity contribution in [2.24, 2.45) is 0 Å². The van der Waals surface area contributed by atoms with E-state index in [4.69, 9.17) is 16.3 Å². The number of alkyl halides is 3.